The van der Waals surface area contributed by atoms with Crippen molar-refractivity contribution in [2.24, 2.45) is 5.73 Å². The molecule has 1 aliphatic heterocycles. The van der Waals surface area contributed by atoms with Gasteiger partial charge in [0.1, 0.15) is 0 Å². The Bertz CT molecular complexity index is 520. The van der Waals surface area contributed by atoms with Gasteiger partial charge in [-0.25, -0.2) is 0 Å². The molecule has 1 unspecified atom stereocenters. The number of nitrogens with zero attached hydrogens (tertiary/aromatic N) is 1. The molecule has 0 aromatic heterocycles. The summed E-state index contributed by atoms with van der Waals surface area (Å²) in [6.45, 7) is 11.0. The van der Waals surface area contributed by atoms with Crippen molar-refractivity contribution in [3.8, 4) is 0 Å². The molecule has 1 heterocycles. The van der Waals surface area contributed by atoms with Gasteiger partial charge in [0.15, 0.2) is 0 Å². The molecule has 2 rings (SSSR count). The fraction of sp³-hybridized carbons (Fsp3) is 0.562. The van der Waals surface area contributed by atoms with Crippen LogP contribution in [0.25, 0.3) is 0 Å². The van der Waals surface area contributed by atoms with E-state index in [-0.39, 0.29) is 17.5 Å². The van der Waals surface area contributed by atoms with Gasteiger partial charge in [0.2, 0.25) is 0 Å². The molecule has 0 saturated carbocycles. The van der Waals surface area contributed by atoms with Gasteiger partial charge < -0.3 is 10.6 Å². The van der Waals surface area contributed by atoms with Gasteiger partial charge in [-0.2, -0.15) is 0 Å². The lowest BCUT2D eigenvalue weighted by molar-refractivity contribution is 0.0636. The van der Waals surface area contributed by atoms with E-state index in [2.05, 4.69) is 26.8 Å². The monoisotopic (exact) mass is 260 g/mol. The molecule has 3 heteroatoms. The van der Waals surface area contributed by atoms with Crippen molar-refractivity contribution in [1.82, 2.24) is 4.90 Å². The normalized spacial score (nSPS) is 21.8. The number of aryl methyl sites for hydroxylation is 3. The molecule has 0 bridgehead atoms. The maximum Gasteiger partial charge on any atom is 0.254 e. The van der Waals surface area contributed by atoms with Crippen molar-refractivity contribution in [2.45, 2.75) is 52.6 Å². The number of carbonyl (C=O) groups excluding carboxylic acids is 1. The third-order valence-electron chi connectivity index (χ3n) is 4.58. The van der Waals surface area contributed by atoms with Crippen LogP contribution in [0.2, 0.25) is 0 Å². The second-order valence-corrected chi connectivity index (χ2v) is 6.26. The number of amides is 1. The molecule has 3 nitrogen and oxygen atoms in total. The zero-order chi connectivity index (χ0) is 14.4. The number of hydrogen-bond donors (Lipinski definition) is 1. The minimum atomic E-state index is -0.262. The van der Waals surface area contributed by atoms with Crippen LogP contribution in [0.5, 0.6) is 0 Å². The fourth-order valence-electron chi connectivity index (χ4n) is 2.81. The van der Waals surface area contributed by atoms with E-state index in [0.29, 0.717) is 0 Å². The standard InChI is InChI=1S/C16H24N2O/c1-10-8-12(3)13(9-11(10)2)15(19)18-7-6-14(17)16(18,4)5/h8-9,14H,6-7,17H2,1-5H3. The summed E-state index contributed by atoms with van der Waals surface area (Å²) in [7, 11) is 0. The van der Waals surface area contributed by atoms with E-state index >= 15 is 0 Å². The Morgan fingerprint density at radius 1 is 1.21 bits per heavy atom. The van der Waals surface area contributed by atoms with Crippen molar-refractivity contribution in [3.63, 3.8) is 0 Å². The summed E-state index contributed by atoms with van der Waals surface area (Å²) in [6.07, 6.45) is 0.878. The highest BCUT2D eigenvalue weighted by atomic mass is 16.2. The van der Waals surface area contributed by atoms with Crippen molar-refractivity contribution in [2.75, 3.05) is 6.54 Å². The average molecular weight is 260 g/mol. The van der Waals surface area contributed by atoms with Gasteiger partial charge in [-0.1, -0.05) is 6.07 Å². The van der Waals surface area contributed by atoms with Gasteiger partial charge in [0.05, 0.1) is 5.54 Å². The Morgan fingerprint density at radius 3 is 2.32 bits per heavy atom. The first kappa shape index (κ1) is 14.1. The quantitative estimate of drug-likeness (QED) is 0.843. The maximum absolute atomic E-state index is 12.8. The van der Waals surface area contributed by atoms with E-state index in [9.17, 15) is 4.79 Å². The molecule has 1 amide bonds. The van der Waals surface area contributed by atoms with Crippen LogP contribution in [-0.2, 0) is 0 Å². The summed E-state index contributed by atoms with van der Waals surface area (Å²) in [5.41, 5.74) is 10.1. The zero-order valence-electron chi connectivity index (χ0n) is 12.6. The van der Waals surface area contributed by atoms with E-state index in [1.54, 1.807) is 0 Å². The molecule has 1 aromatic carbocycles. The average Bonchev–Trinajstić information content (AvgIpc) is 2.58. The Labute approximate surface area is 115 Å². The van der Waals surface area contributed by atoms with Gasteiger partial charge in [-0.3, -0.25) is 4.79 Å². The molecule has 19 heavy (non-hydrogen) atoms. The molecular weight excluding hydrogens is 236 g/mol. The minimum absolute atomic E-state index is 0.0586. The summed E-state index contributed by atoms with van der Waals surface area (Å²) in [6, 6.07) is 4.15. The topological polar surface area (TPSA) is 46.3 Å². The van der Waals surface area contributed by atoms with Crippen LogP contribution in [0.4, 0.5) is 0 Å². The predicted octanol–water partition coefficient (Wildman–Crippen LogP) is 2.56. The van der Waals surface area contributed by atoms with Crippen molar-refractivity contribution < 1.29 is 4.79 Å². The number of benzene rings is 1. The summed E-state index contributed by atoms with van der Waals surface area (Å²) in [5.74, 6) is 0.110. The molecule has 2 N–H and O–H groups in total. The smallest absolute Gasteiger partial charge is 0.254 e. The molecule has 1 aliphatic rings. The lowest BCUT2D eigenvalue weighted by Gasteiger charge is -2.35. The van der Waals surface area contributed by atoms with Crippen LogP contribution in [0, 0.1) is 20.8 Å². The molecule has 1 atom stereocenters. The Kier molecular flexibility index (Phi) is 3.43. The SMILES string of the molecule is Cc1cc(C)c(C(=O)N2CCC(N)C2(C)C)cc1C. The maximum atomic E-state index is 12.8. The second kappa shape index (κ2) is 4.64. The number of carbonyl (C=O) groups is 1. The molecule has 1 fully saturated rings. The van der Waals surface area contributed by atoms with Crippen molar-refractivity contribution in [1.29, 1.82) is 0 Å². The molecule has 1 saturated heterocycles. The molecule has 0 radical (unpaired) electrons. The van der Waals surface area contributed by atoms with E-state index in [4.69, 9.17) is 5.73 Å². The summed E-state index contributed by atoms with van der Waals surface area (Å²) >= 11 is 0. The highest BCUT2D eigenvalue weighted by Gasteiger charge is 2.42. The largest absolute Gasteiger partial charge is 0.332 e. The summed E-state index contributed by atoms with van der Waals surface area (Å²) < 4.78 is 0. The highest BCUT2D eigenvalue weighted by Crippen LogP contribution is 2.30. The molecule has 104 valence electrons. The first-order valence-corrected chi connectivity index (χ1v) is 6.90. The van der Waals surface area contributed by atoms with E-state index < -0.39 is 0 Å². The molecule has 0 spiro atoms. The van der Waals surface area contributed by atoms with Gasteiger partial charge >= 0.3 is 0 Å². The number of nitrogens with two attached hydrogens (primary N) is 1. The first-order chi connectivity index (χ1) is 8.75. The van der Waals surface area contributed by atoms with Crippen LogP contribution in [-0.4, -0.2) is 28.9 Å². The zero-order valence-corrected chi connectivity index (χ0v) is 12.6. The van der Waals surface area contributed by atoms with E-state index in [0.717, 1.165) is 29.7 Å². The summed E-state index contributed by atoms with van der Waals surface area (Å²) in [5, 5.41) is 0. The van der Waals surface area contributed by atoms with Crippen LogP contribution in [0.1, 0.15) is 47.3 Å². The Morgan fingerprint density at radius 2 is 1.79 bits per heavy atom. The van der Waals surface area contributed by atoms with Crippen LogP contribution in [0.15, 0.2) is 12.1 Å². The fourth-order valence-corrected chi connectivity index (χ4v) is 2.81. The second-order valence-electron chi connectivity index (χ2n) is 6.26. The van der Waals surface area contributed by atoms with Gasteiger partial charge in [-0.05, 0) is 63.8 Å². The first-order valence-electron chi connectivity index (χ1n) is 6.90. The van der Waals surface area contributed by atoms with Crippen LogP contribution >= 0.6 is 0 Å². The predicted molar refractivity (Wildman–Crippen MR) is 78.4 cm³/mol. The minimum Gasteiger partial charge on any atom is -0.332 e. The van der Waals surface area contributed by atoms with Gasteiger partial charge in [0.25, 0.3) is 5.91 Å². The molecule has 1 aromatic rings. The Hall–Kier alpha value is -1.35. The molecular formula is C16H24N2O. The van der Waals surface area contributed by atoms with Crippen molar-refractivity contribution in [3.05, 3.63) is 34.4 Å². The van der Waals surface area contributed by atoms with Crippen molar-refractivity contribution >= 4 is 5.91 Å². The number of rotatable bonds is 1. The summed E-state index contributed by atoms with van der Waals surface area (Å²) in [4.78, 5) is 14.7. The van der Waals surface area contributed by atoms with Gasteiger partial charge in [-0.15, -0.1) is 0 Å². The molecule has 0 aliphatic carbocycles. The van der Waals surface area contributed by atoms with Gasteiger partial charge in [0, 0.05) is 18.2 Å². The number of hydrogen-bond acceptors (Lipinski definition) is 2. The van der Waals surface area contributed by atoms with Crippen LogP contribution in [0.3, 0.4) is 0 Å². The van der Waals surface area contributed by atoms with E-state index in [1.165, 1.54) is 5.56 Å². The Balaban J connectivity index is 2.38. The van der Waals surface area contributed by atoms with Crippen LogP contribution < -0.4 is 5.73 Å². The lowest BCUT2D eigenvalue weighted by Crippen LogP contribution is -2.51. The van der Waals surface area contributed by atoms with E-state index in [1.807, 2.05) is 24.8 Å². The third kappa shape index (κ3) is 2.27. The third-order valence-corrected chi connectivity index (χ3v) is 4.58. The number of likely N-dealkylation sites (tertiary alicyclic amines) is 1. The lowest BCUT2D eigenvalue weighted by atomic mass is 9.95. The highest BCUT2D eigenvalue weighted by molar-refractivity contribution is 5.96.